The van der Waals surface area contributed by atoms with E-state index in [-0.39, 0.29) is 19.0 Å². The number of ether oxygens (including phenoxy) is 2. The zero-order valence-corrected chi connectivity index (χ0v) is 15.3. The molecule has 1 aliphatic heterocycles. The summed E-state index contributed by atoms with van der Waals surface area (Å²) in [5, 5.41) is 4.84. The fourth-order valence-corrected chi connectivity index (χ4v) is 3.40. The highest BCUT2D eigenvalue weighted by molar-refractivity contribution is 5.71. The number of fused-ring (bicyclic) bond motifs is 1. The van der Waals surface area contributed by atoms with Crippen LogP contribution in [-0.4, -0.2) is 30.8 Å². The van der Waals surface area contributed by atoms with Crippen molar-refractivity contribution in [1.82, 2.24) is 15.2 Å². The van der Waals surface area contributed by atoms with Gasteiger partial charge in [-0.2, -0.15) is 0 Å². The van der Waals surface area contributed by atoms with Gasteiger partial charge in [0.25, 0.3) is 0 Å². The molecule has 1 aromatic carbocycles. The fourth-order valence-electron chi connectivity index (χ4n) is 3.40. The molecule has 144 valence electrons. The van der Waals surface area contributed by atoms with Crippen LogP contribution < -0.4 is 10.6 Å². The van der Waals surface area contributed by atoms with Crippen LogP contribution in [0.3, 0.4) is 0 Å². The lowest BCUT2D eigenvalue weighted by Gasteiger charge is -2.12. The average molecular weight is 375 g/mol. The third-order valence-electron chi connectivity index (χ3n) is 4.61. The van der Waals surface area contributed by atoms with Gasteiger partial charge in [0.05, 0.1) is 5.69 Å². The number of nitrogens with zero attached hydrogens (tertiary/aromatic N) is 1. The van der Waals surface area contributed by atoms with E-state index in [1.165, 1.54) is 26.2 Å². The number of hydrogen-bond donors (Lipinski definition) is 2. The van der Waals surface area contributed by atoms with Crippen molar-refractivity contribution in [2.45, 2.75) is 32.6 Å². The molecule has 0 spiro atoms. The third-order valence-corrected chi connectivity index (χ3v) is 4.61. The molecule has 1 aliphatic rings. The summed E-state index contributed by atoms with van der Waals surface area (Å²) in [6.45, 7) is 0.899. The number of halogens is 1. The van der Waals surface area contributed by atoms with Crippen LogP contribution in [-0.2, 0) is 35.7 Å². The van der Waals surface area contributed by atoms with Gasteiger partial charge in [0, 0.05) is 37.5 Å². The van der Waals surface area contributed by atoms with Gasteiger partial charge in [-0.25, -0.2) is 14.0 Å². The summed E-state index contributed by atoms with van der Waals surface area (Å²) in [5.74, 6) is -0.321. The van der Waals surface area contributed by atoms with Gasteiger partial charge >= 0.3 is 12.2 Å². The summed E-state index contributed by atoms with van der Waals surface area (Å²) in [4.78, 5) is 23.1. The van der Waals surface area contributed by atoms with E-state index in [1.54, 1.807) is 12.1 Å². The van der Waals surface area contributed by atoms with Crippen LogP contribution in [0.5, 0.6) is 0 Å². The minimum Gasteiger partial charge on any atom is -0.445 e. The predicted molar refractivity (Wildman–Crippen MR) is 96.6 cm³/mol. The minimum atomic E-state index is -0.551. The second kappa shape index (κ2) is 8.11. The summed E-state index contributed by atoms with van der Waals surface area (Å²) < 4.78 is 26.1. The Morgan fingerprint density at radius 2 is 1.63 bits per heavy atom. The summed E-state index contributed by atoms with van der Waals surface area (Å²) in [5.41, 5.74) is 4.33. The van der Waals surface area contributed by atoms with E-state index in [9.17, 15) is 14.0 Å². The summed E-state index contributed by atoms with van der Waals surface area (Å²) in [6.07, 6.45) is 0.715. The molecule has 2 heterocycles. The van der Waals surface area contributed by atoms with E-state index < -0.39 is 12.2 Å². The SMILES string of the molecule is CNC(=O)OCc1c(COC(=O)NC)c(-c2ccc(F)cc2)n2c1CCC2. The van der Waals surface area contributed by atoms with Crippen molar-refractivity contribution in [3.05, 3.63) is 46.9 Å². The number of hydrogen-bond acceptors (Lipinski definition) is 4. The molecule has 0 saturated carbocycles. The van der Waals surface area contributed by atoms with Crippen LogP contribution in [0.2, 0.25) is 0 Å². The molecule has 2 aromatic rings. The number of carbonyl (C=O) groups is 2. The molecular weight excluding hydrogens is 353 g/mol. The Balaban J connectivity index is 2.05. The van der Waals surface area contributed by atoms with Crippen LogP contribution in [0, 0.1) is 5.82 Å². The molecule has 27 heavy (non-hydrogen) atoms. The Morgan fingerprint density at radius 1 is 1.04 bits per heavy atom. The molecule has 0 unspecified atom stereocenters. The first kappa shape index (κ1) is 18.8. The second-order valence-electron chi connectivity index (χ2n) is 6.17. The molecule has 0 atom stereocenters. The molecule has 0 radical (unpaired) electrons. The lowest BCUT2D eigenvalue weighted by Crippen LogP contribution is -2.20. The Morgan fingerprint density at radius 3 is 2.22 bits per heavy atom. The van der Waals surface area contributed by atoms with Crippen LogP contribution >= 0.6 is 0 Å². The Kier molecular flexibility index (Phi) is 5.63. The molecule has 7 nitrogen and oxygen atoms in total. The van der Waals surface area contributed by atoms with Gasteiger partial charge in [0.15, 0.2) is 0 Å². The van der Waals surface area contributed by atoms with Crippen LogP contribution in [0.4, 0.5) is 14.0 Å². The first-order chi connectivity index (χ1) is 13.0. The van der Waals surface area contributed by atoms with E-state index in [4.69, 9.17) is 9.47 Å². The Labute approximate surface area is 156 Å². The van der Waals surface area contributed by atoms with E-state index in [1.807, 2.05) is 0 Å². The molecular formula is C19H22FN3O4. The van der Waals surface area contributed by atoms with Crippen molar-refractivity contribution in [2.75, 3.05) is 14.1 Å². The summed E-state index contributed by atoms with van der Waals surface area (Å²) >= 11 is 0. The van der Waals surface area contributed by atoms with Gasteiger partial charge in [-0.3, -0.25) is 0 Å². The highest BCUT2D eigenvalue weighted by atomic mass is 19.1. The largest absolute Gasteiger partial charge is 0.445 e. The maximum absolute atomic E-state index is 13.4. The number of rotatable bonds is 5. The Bertz CT molecular complexity index is 846. The summed E-state index contributed by atoms with van der Waals surface area (Å²) in [6, 6.07) is 6.19. The molecule has 2 N–H and O–H groups in total. The molecule has 1 aromatic heterocycles. The standard InChI is InChI=1S/C19H22FN3O4/c1-21-18(24)26-10-14-15(11-27-19(25)22-2)17(23-9-3-4-16(14)23)12-5-7-13(20)8-6-12/h5-8H,3-4,9-11H2,1-2H3,(H,21,24)(H,22,25). The monoisotopic (exact) mass is 375 g/mol. The van der Waals surface area contributed by atoms with Crippen LogP contribution in [0.25, 0.3) is 11.3 Å². The lowest BCUT2D eigenvalue weighted by atomic mass is 10.0. The predicted octanol–water partition coefficient (Wildman–Crippen LogP) is 2.95. The van der Waals surface area contributed by atoms with E-state index in [0.29, 0.717) is 0 Å². The molecule has 3 rings (SSSR count). The third kappa shape index (κ3) is 3.89. The van der Waals surface area contributed by atoms with Crippen molar-refractivity contribution in [3.63, 3.8) is 0 Å². The van der Waals surface area contributed by atoms with E-state index in [0.717, 1.165) is 47.5 Å². The highest BCUT2D eigenvalue weighted by Crippen LogP contribution is 2.37. The van der Waals surface area contributed by atoms with Crippen molar-refractivity contribution in [1.29, 1.82) is 0 Å². The maximum Gasteiger partial charge on any atom is 0.407 e. The summed E-state index contributed by atoms with van der Waals surface area (Å²) in [7, 11) is 2.98. The van der Waals surface area contributed by atoms with Crippen molar-refractivity contribution in [2.24, 2.45) is 0 Å². The van der Waals surface area contributed by atoms with E-state index in [2.05, 4.69) is 15.2 Å². The lowest BCUT2D eigenvalue weighted by molar-refractivity contribution is 0.134. The highest BCUT2D eigenvalue weighted by Gasteiger charge is 2.28. The number of nitrogens with one attached hydrogen (secondary N) is 2. The van der Waals surface area contributed by atoms with Gasteiger partial charge < -0.3 is 24.7 Å². The number of alkyl carbamates (subject to hydrolysis) is 2. The van der Waals surface area contributed by atoms with Crippen LogP contribution in [0.15, 0.2) is 24.3 Å². The van der Waals surface area contributed by atoms with E-state index >= 15 is 0 Å². The minimum absolute atomic E-state index is 0.0266. The van der Waals surface area contributed by atoms with Gasteiger partial charge in [0.1, 0.15) is 19.0 Å². The Hall–Kier alpha value is -3.03. The fraction of sp³-hybridized carbons (Fsp3) is 0.368. The van der Waals surface area contributed by atoms with Crippen LogP contribution in [0.1, 0.15) is 23.2 Å². The van der Waals surface area contributed by atoms with Gasteiger partial charge in [0.2, 0.25) is 0 Å². The molecule has 0 saturated heterocycles. The van der Waals surface area contributed by atoms with Crippen molar-refractivity contribution >= 4 is 12.2 Å². The van der Waals surface area contributed by atoms with Crippen molar-refractivity contribution < 1.29 is 23.5 Å². The molecule has 0 bridgehead atoms. The topological polar surface area (TPSA) is 81.6 Å². The molecule has 0 aliphatic carbocycles. The average Bonchev–Trinajstić information content (AvgIpc) is 3.25. The smallest absolute Gasteiger partial charge is 0.407 e. The number of carbonyl (C=O) groups excluding carboxylic acids is 2. The number of benzene rings is 1. The molecule has 2 amide bonds. The quantitative estimate of drug-likeness (QED) is 0.842. The van der Waals surface area contributed by atoms with Gasteiger partial charge in [-0.05, 0) is 42.7 Å². The second-order valence-corrected chi connectivity index (χ2v) is 6.17. The molecule has 8 heteroatoms. The zero-order chi connectivity index (χ0) is 19.4. The van der Waals surface area contributed by atoms with Gasteiger partial charge in [-0.15, -0.1) is 0 Å². The number of amides is 2. The number of aromatic nitrogens is 1. The first-order valence-electron chi connectivity index (χ1n) is 8.73. The first-order valence-corrected chi connectivity index (χ1v) is 8.73. The zero-order valence-electron chi connectivity index (χ0n) is 15.3. The maximum atomic E-state index is 13.4. The normalized spacial score (nSPS) is 12.4. The van der Waals surface area contributed by atoms with Crippen molar-refractivity contribution in [3.8, 4) is 11.3 Å². The van der Waals surface area contributed by atoms with Gasteiger partial charge in [-0.1, -0.05) is 0 Å². The molecule has 0 fully saturated rings.